The van der Waals surface area contributed by atoms with Gasteiger partial charge in [-0.3, -0.25) is 19.8 Å². The summed E-state index contributed by atoms with van der Waals surface area (Å²) in [6.07, 6.45) is 0.888. The Bertz CT molecular complexity index is 797. The van der Waals surface area contributed by atoms with Crippen molar-refractivity contribution >= 4 is 17.3 Å². The lowest BCUT2D eigenvalue weighted by molar-refractivity contribution is -0.384. The summed E-state index contributed by atoms with van der Waals surface area (Å²) in [4.78, 5) is 24.7. The van der Waals surface area contributed by atoms with Crippen LogP contribution in [0.3, 0.4) is 0 Å². The molecule has 8 nitrogen and oxygen atoms in total. The second kappa shape index (κ2) is 10.9. The Labute approximate surface area is 164 Å². The van der Waals surface area contributed by atoms with E-state index in [9.17, 15) is 14.9 Å². The van der Waals surface area contributed by atoms with Gasteiger partial charge in [0.2, 0.25) is 5.91 Å². The number of hydrogen-bond donors (Lipinski definition) is 1. The fourth-order valence-corrected chi connectivity index (χ4v) is 2.71. The third-order valence-electron chi connectivity index (χ3n) is 3.99. The first-order valence-electron chi connectivity index (χ1n) is 9.06. The lowest BCUT2D eigenvalue weighted by Crippen LogP contribution is -2.36. The number of anilines is 1. The summed E-state index contributed by atoms with van der Waals surface area (Å²) >= 11 is 0. The minimum atomic E-state index is -0.460. The van der Waals surface area contributed by atoms with Crippen molar-refractivity contribution in [1.82, 2.24) is 4.90 Å². The SMILES string of the molecule is CCCN(CCOc1cccc([N+](=O)[O-])c1)CC(=O)Nc1ccccc1OC. The quantitative estimate of drug-likeness (QED) is 0.469. The molecule has 1 N–H and O–H groups in total. The molecule has 0 bridgehead atoms. The number of nitrogens with zero attached hydrogens (tertiary/aromatic N) is 2. The molecule has 0 unspecified atom stereocenters. The van der Waals surface area contributed by atoms with Crippen LogP contribution in [0.1, 0.15) is 13.3 Å². The van der Waals surface area contributed by atoms with Crippen LogP contribution in [0.2, 0.25) is 0 Å². The highest BCUT2D eigenvalue weighted by atomic mass is 16.6. The van der Waals surface area contributed by atoms with E-state index in [2.05, 4.69) is 5.32 Å². The van der Waals surface area contributed by atoms with Crippen molar-refractivity contribution in [3.63, 3.8) is 0 Å². The normalized spacial score (nSPS) is 10.5. The number of rotatable bonds is 11. The van der Waals surface area contributed by atoms with Gasteiger partial charge in [0.15, 0.2) is 0 Å². The predicted molar refractivity (Wildman–Crippen MR) is 107 cm³/mol. The molecule has 0 aromatic heterocycles. The van der Waals surface area contributed by atoms with Gasteiger partial charge in [-0.15, -0.1) is 0 Å². The molecule has 0 radical (unpaired) electrons. The Morgan fingerprint density at radius 3 is 2.68 bits per heavy atom. The Balaban J connectivity index is 1.87. The molecule has 0 saturated heterocycles. The van der Waals surface area contributed by atoms with Crippen LogP contribution in [0.4, 0.5) is 11.4 Å². The van der Waals surface area contributed by atoms with Crippen LogP contribution in [0.15, 0.2) is 48.5 Å². The van der Waals surface area contributed by atoms with E-state index in [1.807, 2.05) is 24.0 Å². The topological polar surface area (TPSA) is 93.9 Å². The van der Waals surface area contributed by atoms with Gasteiger partial charge in [0.25, 0.3) is 5.69 Å². The van der Waals surface area contributed by atoms with E-state index in [0.29, 0.717) is 30.3 Å². The smallest absolute Gasteiger partial charge is 0.273 e. The molecule has 0 aliphatic heterocycles. The first-order valence-corrected chi connectivity index (χ1v) is 9.06. The molecule has 0 aliphatic carbocycles. The Hall–Kier alpha value is -3.13. The van der Waals surface area contributed by atoms with Crippen LogP contribution in [-0.2, 0) is 4.79 Å². The second-order valence-electron chi connectivity index (χ2n) is 6.13. The molecule has 8 heteroatoms. The number of methoxy groups -OCH3 is 1. The van der Waals surface area contributed by atoms with Crippen LogP contribution >= 0.6 is 0 Å². The van der Waals surface area contributed by atoms with E-state index in [-0.39, 0.29) is 18.1 Å². The number of nitrogens with one attached hydrogen (secondary N) is 1. The lowest BCUT2D eigenvalue weighted by atomic mass is 10.3. The molecule has 0 fully saturated rings. The molecular formula is C20H25N3O5. The summed E-state index contributed by atoms with van der Waals surface area (Å²) in [5, 5.41) is 13.7. The highest BCUT2D eigenvalue weighted by Gasteiger charge is 2.13. The molecule has 0 saturated carbocycles. The van der Waals surface area contributed by atoms with Crippen molar-refractivity contribution in [3.8, 4) is 11.5 Å². The molecular weight excluding hydrogens is 362 g/mol. The average Bonchev–Trinajstić information content (AvgIpc) is 2.68. The number of ether oxygens (including phenoxy) is 2. The number of non-ortho nitro benzene ring substituents is 1. The van der Waals surface area contributed by atoms with Gasteiger partial charge in [0.05, 0.1) is 30.3 Å². The van der Waals surface area contributed by atoms with Crippen LogP contribution in [0, 0.1) is 10.1 Å². The Kier molecular flexibility index (Phi) is 8.23. The number of hydrogen-bond acceptors (Lipinski definition) is 6. The monoisotopic (exact) mass is 387 g/mol. The summed E-state index contributed by atoms with van der Waals surface area (Å²) in [6.45, 7) is 3.83. The molecule has 1 amide bonds. The van der Waals surface area contributed by atoms with Crippen molar-refractivity contribution < 1.29 is 19.2 Å². The van der Waals surface area contributed by atoms with E-state index in [4.69, 9.17) is 9.47 Å². The standard InChI is InChI=1S/C20H25N3O5/c1-3-11-22(12-13-28-17-8-6-7-16(14-17)23(25)26)15-20(24)21-18-9-4-5-10-19(18)27-2/h4-10,14H,3,11-13,15H2,1-2H3,(H,21,24). The Morgan fingerprint density at radius 1 is 1.18 bits per heavy atom. The van der Waals surface area contributed by atoms with E-state index < -0.39 is 4.92 Å². The van der Waals surface area contributed by atoms with Crippen LogP contribution in [0.25, 0.3) is 0 Å². The highest BCUT2D eigenvalue weighted by Crippen LogP contribution is 2.23. The second-order valence-corrected chi connectivity index (χ2v) is 6.13. The Morgan fingerprint density at radius 2 is 1.96 bits per heavy atom. The van der Waals surface area contributed by atoms with Gasteiger partial charge >= 0.3 is 0 Å². The van der Waals surface area contributed by atoms with Crippen molar-refractivity contribution in [1.29, 1.82) is 0 Å². The van der Waals surface area contributed by atoms with Gasteiger partial charge in [-0.2, -0.15) is 0 Å². The number of para-hydroxylation sites is 2. The fourth-order valence-electron chi connectivity index (χ4n) is 2.71. The van der Waals surface area contributed by atoms with E-state index in [1.54, 1.807) is 31.4 Å². The molecule has 0 atom stereocenters. The van der Waals surface area contributed by atoms with Crippen LogP contribution in [-0.4, -0.2) is 49.1 Å². The largest absolute Gasteiger partial charge is 0.495 e. The number of carbonyl (C=O) groups excluding carboxylic acids is 1. The molecule has 0 aliphatic rings. The zero-order valence-electron chi connectivity index (χ0n) is 16.1. The molecule has 2 rings (SSSR count). The average molecular weight is 387 g/mol. The number of benzene rings is 2. The van der Waals surface area contributed by atoms with Crippen molar-refractivity contribution in [2.24, 2.45) is 0 Å². The van der Waals surface area contributed by atoms with Crippen LogP contribution < -0.4 is 14.8 Å². The van der Waals surface area contributed by atoms with Crippen molar-refractivity contribution in [2.75, 3.05) is 38.7 Å². The molecule has 2 aromatic rings. The zero-order chi connectivity index (χ0) is 20.4. The number of nitro benzene ring substituents is 1. The van der Waals surface area contributed by atoms with E-state index in [1.165, 1.54) is 12.1 Å². The summed E-state index contributed by atoms with van der Waals surface area (Å²) in [5.74, 6) is 0.893. The van der Waals surface area contributed by atoms with Gasteiger partial charge in [-0.05, 0) is 31.2 Å². The summed E-state index contributed by atoms with van der Waals surface area (Å²) in [6, 6.07) is 13.3. The zero-order valence-corrected chi connectivity index (χ0v) is 16.1. The third-order valence-corrected chi connectivity index (χ3v) is 3.99. The summed E-state index contributed by atoms with van der Waals surface area (Å²) in [5.41, 5.74) is 0.610. The van der Waals surface area contributed by atoms with Gasteiger partial charge in [0.1, 0.15) is 18.1 Å². The number of amides is 1. The van der Waals surface area contributed by atoms with Crippen LogP contribution in [0.5, 0.6) is 11.5 Å². The third kappa shape index (κ3) is 6.55. The van der Waals surface area contributed by atoms with Gasteiger partial charge in [-0.1, -0.05) is 25.1 Å². The summed E-state index contributed by atoms with van der Waals surface area (Å²) in [7, 11) is 1.56. The highest BCUT2D eigenvalue weighted by molar-refractivity contribution is 5.93. The fraction of sp³-hybridized carbons (Fsp3) is 0.350. The van der Waals surface area contributed by atoms with Gasteiger partial charge < -0.3 is 14.8 Å². The van der Waals surface area contributed by atoms with Gasteiger partial charge in [-0.25, -0.2) is 0 Å². The van der Waals surface area contributed by atoms with Crippen molar-refractivity contribution in [3.05, 3.63) is 58.6 Å². The number of nitro groups is 1. The maximum atomic E-state index is 12.4. The predicted octanol–water partition coefficient (Wildman–Crippen LogP) is 3.33. The molecule has 150 valence electrons. The minimum absolute atomic E-state index is 0.0147. The first kappa shape index (κ1) is 21.2. The lowest BCUT2D eigenvalue weighted by Gasteiger charge is -2.21. The van der Waals surface area contributed by atoms with E-state index >= 15 is 0 Å². The maximum Gasteiger partial charge on any atom is 0.273 e. The molecule has 0 spiro atoms. The van der Waals surface area contributed by atoms with Crippen molar-refractivity contribution in [2.45, 2.75) is 13.3 Å². The first-order chi connectivity index (χ1) is 13.5. The molecule has 0 heterocycles. The van der Waals surface area contributed by atoms with E-state index in [0.717, 1.165) is 13.0 Å². The maximum absolute atomic E-state index is 12.4. The molecule has 2 aromatic carbocycles. The minimum Gasteiger partial charge on any atom is -0.495 e. The number of carbonyl (C=O) groups is 1. The summed E-state index contributed by atoms with van der Waals surface area (Å²) < 4.78 is 10.9. The van der Waals surface area contributed by atoms with Gasteiger partial charge in [0, 0.05) is 12.6 Å². The molecule has 28 heavy (non-hydrogen) atoms.